The van der Waals surface area contributed by atoms with Gasteiger partial charge in [0.25, 0.3) is 0 Å². The van der Waals surface area contributed by atoms with Gasteiger partial charge >= 0.3 is 0 Å². The zero-order valence-corrected chi connectivity index (χ0v) is 15.9. The second-order valence-corrected chi connectivity index (χ2v) is 6.24. The molecule has 1 aromatic rings. The van der Waals surface area contributed by atoms with Crippen molar-refractivity contribution in [2.24, 2.45) is 11.7 Å². The first kappa shape index (κ1) is 23.1. The molecule has 0 aliphatic carbocycles. The van der Waals surface area contributed by atoms with Gasteiger partial charge in [0.1, 0.15) is 5.82 Å². The molecule has 2 N–H and O–H groups in total. The molecule has 2 atom stereocenters. The van der Waals surface area contributed by atoms with E-state index >= 15 is 0 Å². The second-order valence-electron chi connectivity index (χ2n) is 6.24. The van der Waals surface area contributed by atoms with Crippen LogP contribution < -0.4 is 5.73 Å². The van der Waals surface area contributed by atoms with Gasteiger partial charge in [-0.2, -0.15) is 0 Å². The third-order valence-corrected chi connectivity index (χ3v) is 4.50. The number of nitrogens with zero attached hydrogens (tertiary/aromatic N) is 2. The fourth-order valence-electron chi connectivity index (χ4n) is 2.96. The van der Waals surface area contributed by atoms with Gasteiger partial charge in [-0.25, -0.2) is 4.39 Å². The number of carbonyl (C=O) groups is 1. The van der Waals surface area contributed by atoms with Crippen molar-refractivity contribution >= 4 is 30.7 Å². The summed E-state index contributed by atoms with van der Waals surface area (Å²) in [6.45, 7) is 4.82. The first-order valence-corrected chi connectivity index (χ1v) is 7.94. The van der Waals surface area contributed by atoms with Crippen LogP contribution in [0.5, 0.6) is 0 Å². The average Bonchev–Trinajstić information content (AvgIpc) is 2.53. The van der Waals surface area contributed by atoms with Crippen molar-refractivity contribution < 1.29 is 9.18 Å². The molecule has 1 aliphatic rings. The molecule has 1 fully saturated rings. The molecule has 7 heteroatoms. The van der Waals surface area contributed by atoms with Crippen molar-refractivity contribution in [2.75, 3.05) is 26.7 Å². The number of nitrogens with two attached hydrogens (primary N) is 1. The summed E-state index contributed by atoms with van der Waals surface area (Å²) in [5, 5.41) is 0. The molecule has 0 aromatic heterocycles. The molecule has 1 aromatic carbocycles. The van der Waals surface area contributed by atoms with Gasteiger partial charge in [0.15, 0.2) is 0 Å². The molecule has 1 amide bonds. The van der Waals surface area contributed by atoms with Crippen molar-refractivity contribution in [3.8, 4) is 0 Å². The molecule has 24 heavy (non-hydrogen) atoms. The SMILES string of the molecule is CC(CN)N(C)C(=O)C1CCCN(Cc2cccc(F)c2)C1.Cl.Cl. The molecular formula is C17H28Cl2FN3O. The standard InChI is InChI=1S/C17H26FN3O.2ClH/c1-13(10-19)20(2)17(22)15-6-4-8-21(12-15)11-14-5-3-7-16(18)9-14;;/h3,5,7,9,13,15H,4,6,8,10-12,19H2,1-2H3;2*1H. The maximum absolute atomic E-state index is 13.3. The molecular weight excluding hydrogens is 352 g/mol. The van der Waals surface area contributed by atoms with Crippen LogP contribution in [-0.2, 0) is 11.3 Å². The van der Waals surface area contributed by atoms with Crippen LogP contribution in [0.15, 0.2) is 24.3 Å². The third kappa shape index (κ3) is 6.20. The molecule has 0 saturated carbocycles. The summed E-state index contributed by atoms with van der Waals surface area (Å²) in [5.41, 5.74) is 6.60. The van der Waals surface area contributed by atoms with E-state index in [1.807, 2.05) is 20.0 Å². The van der Waals surface area contributed by atoms with Crippen LogP contribution in [0, 0.1) is 11.7 Å². The summed E-state index contributed by atoms with van der Waals surface area (Å²) in [7, 11) is 1.82. The summed E-state index contributed by atoms with van der Waals surface area (Å²) in [6, 6.07) is 6.74. The van der Waals surface area contributed by atoms with Gasteiger partial charge < -0.3 is 10.6 Å². The van der Waals surface area contributed by atoms with E-state index in [1.54, 1.807) is 17.0 Å². The Hall–Kier alpha value is -0.880. The summed E-state index contributed by atoms with van der Waals surface area (Å²) in [4.78, 5) is 16.5. The van der Waals surface area contributed by atoms with Gasteiger partial charge in [-0.1, -0.05) is 12.1 Å². The first-order chi connectivity index (χ1) is 10.5. The predicted octanol–water partition coefficient (Wildman–Crippen LogP) is 2.69. The smallest absolute Gasteiger partial charge is 0.227 e. The number of likely N-dealkylation sites (N-methyl/N-ethyl adjacent to an activating group) is 1. The minimum absolute atomic E-state index is 0. The van der Waals surface area contributed by atoms with Crippen LogP contribution in [-0.4, -0.2) is 48.4 Å². The number of carbonyl (C=O) groups excluding carboxylic acids is 1. The lowest BCUT2D eigenvalue weighted by atomic mass is 9.95. The predicted molar refractivity (Wildman–Crippen MR) is 100 cm³/mol. The fourth-order valence-corrected chi connectivity index (χ4v) is 2.96. The number of halogens is 3. The fraction of sp³-hybridized carbons (Fsp3) is 0.588. The number of piperidine rings is 1. The van der Waals surface area contributed by atoms with Crippen LogP contribution in [0.1, 0.15) is 25.3 Å². The highest BCUT2D eigenvalue weighted by molar-refractivity contribution is 5.85. The van der Waals surface area contributed by atoms with Gasteiger partial charge in [-0.3, -0.25) is 9.69 Å². The summed E-state index contributed by atoms with van der Waals surface area (Å²) >= 11 is 0. The molecule has 138 valence electrons. The van der Waals surface area contributed by atoms with E-state index in [2.05, 4.69) is 4.90 Å². The Balaban J connectivity index is 0.00000264. The topological polar surface area (TPSA) is 49.6 Å². The van der Waals surface area contributed by atoms with Gasteiger partial charge in [0, 0.05) is 32.7 Å². The average molecular weight is 380 g/mol. The number of rotatable bonds is 5. The number of likely N-dealkylation sites (tertiary alicyclic amines) is 1. The van der Waals surface area contributed by atoms with E-state index in [0.717, 1.165) is 31.5 Å². The van der Waals surface area contributed by atoms with Crippen molar-refractivity contribution in [1.29, 1.82) is 0 Å². The van der Waals surface area contributed by atoms with Crippen LogP contribution in [0.25, 0.3) is 0 Å². The number of amides is 1. The van der Waals surface area contributed by atoms with Crippen molar-refractivity contribution in [3.05, 3.63) is 35.6 Å². The Labute approximate surface area is 156 Å². The second kappa shape index (κ2) is 10.9. The molecule has 1 aliphatic heterocycles. The summed E-state index contributed by atoms with van der Waals surface area (Å²) < 4.78 is 13.3. The lowest BCUT2D eigenvalue weighted by Crippen LogP contribution is -2.47. The molecule has 0 bridgehead atoms. The van der Waals surface area contributed by atoms with Crippen molar-refractivity contribution in [2.45, 2.75) is 32.4 Å². The van der Waals surface area contributed by atoms with Gasteiger partial charge in [0.2, 0.25) is 5.91 Å². The largest absolute Gasteiger partial charge is 0.342 e. The van der Waals surface area contributed by atoms with E-state index in [-0.39, 0.29) is 48.5 Å². The first-order valence-electron chi connectivity index (χ1n) is 7.94. The lowest BCUT2D eigenvalue weighted by Gasteiger charge is -2.35. The number of benzene rings is 1. The van der Waals surface area contributed by atoms with Crippen LogP contribution in [0.4, 0.5) is 4.39 Å². The monoisotopic (exact) mass is 379 g/mol. The Kier molecular flexibility index (Phi) is 10.5. The van der Waals surface area contributed by atoms with E-state index < -0.39 is 0 Å². The minimum Gasteiger partial charge on any atom is -0.342 e. The zero-order chi connectivity index (χ0) is 16.1. The summed E-state index contributed by atoms with van der Waals surface area (Å²) in [6.07, 6.45) is 1.91. The Morgan fingerprint density at radius 3 is 2.79 bits per heavy atom. The van der Waals surface area contributed by atoms with Crippen LogP contribution >= 0.6 is 24.8 Å². The molecule has 4 nitrogen and oxygen atoms in total. The molecule has 0 radical (unpaired) electrons. The number of hydrogen-bond acceptors (Lipinski definition) is 3. The molecule has 2 unspecified atom stereocenters. The maximum Gasteiger partial charge on any atom is 0.227 e. The van der Waals surface area contributed by atoms with Crippen molar-refractivity contribution in [3.63, 3.8) is 0 Å². The van der Waals surface area contributed by atoms with E-state index in [0.29, 0.717) is 13.1 Å². The van der Waals surface area contributed by atoms with E-state index in [4.69, 9.17) is 5.73 Å². The normalized spacial score (nSPS) is 18.9. The van der Waals surface area contributed by atoms with Crippen molar-refractivity contribution in [1.82, 2.24) is 9.80 Å². The van der Waals surface area contributed by atoms with E-state index in [9.17, 15) is 9.18 Å². The van der Waals surface area contributed by atoms with Crippen LogP contribution in [0.3, 0.4) is 0 Å². The van der Waals surface area contributed by atoms with Gasteiger partial charge in [-0.15, -0.1) is 24.8 Å². The molecule has 1 heterocycles. The zero-order valence-electron chi connectivity index (χ0n) is 14.3. The maximum atomic E-state index is 13.3. The Morgan fingerprint density at radius 1 is 1.46 bits per heavy atom. The molecule has 2 rings (SSSR count). The molecule has 1 saturated heterocycles. The lowest BCUT2D eigenvalue weighted by molar-refractivity contribution is -0.137. The minimum atomic E-state index is -0.210. The van der Waals surface area contributed by atoms with Crippen LogP contribution in [0.2, 0.25) is 0 Å². The number of hydrogen-bond donors (Lipinski definition) is 1. The Bertz CT molecular complexity index is 518. The highest BCUT2D eigenvalue weighted by Gasteiger charge is 2.29. The molecule has 0 spiro atoms. The van der Waals surface area contributed by atoms with E-state index in [1.165, 1.54) is 6.07 Å². The van der Waals surface area contributed by atoms with Gasteiger partial charge in [-0.05, 0) is 44.0 Å². The Morgan fingerprint density at radius 2 is 2.17 bits per heavy atom. The quantitative estimate of drug-likeness (QED) is 0.855. The third-order valence-electron chi connectivity index (χ3n) is 4.50. The highest BCUT2D eigenvalue weighted by Crippen LogP contribution is 2.21. The van der Waals surface area contributed by atoms with Gasteiger partial charge in [0.05, 0.1) is 5.92 Å². The highest BCUT2D eigenvalue weighted by atomic mass is 35.5. The summed E-state index contributed by atoms with van der Waals surface area (Å²) in [5.74, 6) is -0.0261.